The number of benzene rings is 1. The van der Waals surface area contributed by atoms with Gasteiger partial charge in [0.25, 0.3) is 5.91 Å². The minimum absolute atomic E-state index is 0.0113. The highest BCUT2D eigenvalue weighted by molar-refractivity contribution is 9.10. The van der Waals surface area contributed by atoms with Crippen molar-refractivity contribution in [1.29, 1.82) is 0 Å². The molecule has 4 nitrogen and oxygen atoms in total. The van der Waals surface area contributed by atoms with E-state index >= 15 is 0 Å². The average Bonchev–Trinajstić information content (AvgIpc) is 2.85. The quantitative estimate of drug-likeness (QED) is 0.890. The van der Waals surface area contributed by atoms with Crippen molar-refractivity contribution in [3.05, 3.63) is 45.1 Å². The van der Waals surface area contributed by atoms with Gasteiger partial charge in [0.05, 0.1) is 16.3 Å². The van der Waals surface area contributed by atoms with Gasteiger partial charge in [0.15, 0.2) is 9.84 Å². The SMILES string of the molecule is CCS(=O)(=O)c1ccccc1NC(=O)c1sccc1Br. The van der Waals surface area contributed by atoms with E-state index in [0.717, 1.165) is 0 Å². The molecule has 0 bridgehead atoms. The first kappa shape index (κ1) is 15.2. The molecule has 20 heavy (non-hydrogen) atoms. The van der Waals surface area contributed by atoms with Gasteiger partial charge in [-0.1, -0.05) is 19.1 Å². The number of sulfone groups is 1. The zero-order chi connectivity index (χ0) is 14.8. The van der Waals surface area contributed by atoms with E-state index in [9.17, 15) is 13.2 Å². The van der Waals surface area contributed by atoms with E-state index in [1.807, 2.05) is 0 Å². The summed E-state index contributed by atoms with van der Waals surface area (Å²) >= 11 is 4.57. The summed E-state index contributed by atoms with van der Waals surface area (Å²) in [6, 6.07) is 8.18. The van der Waals surface area contributed by atoms with Crippen molar-refractivity contribution in [2.45, 2.75) is 11.8 Å². The second-order valence-corrected chi connectivity index (χ2v) is 7.97. The minimum Gasteiger partial charge on any atom is -0.320 e. The van der Waals surface area contributed by atoms with Crippen LogP contribution in [0.1, 0.15) is 16.6 Å². The smallest absolute Gasteiger partial charge is 0.266 e. The topological polar surface area (TPSA) is 63.2 Å². The molecule has 1 aromatic heterocycles. The van der Waals surface area contributed by atoms with E-state index < -0.39 is 9.84 Å². The van der Waals surface area contributed by atoms with Crippen LogP contribution in [0.2, 0.25) is 0 Å². The van der Waals surface area contributed by atoms with Gasteiger partial charge in [-0.3, -0.25) is 4.79 Å². The lowest BCUT2D eigenvalue weighted by Gasteiger charge is -2.10. The largest absolute Gasteiger partial charge is 0.320 e. The first-order valence-corrected chi connectivity index (χ1v) is 9.14. The van der Waals surface area contributed by atoms with Gasteiger partial charge >= 0.3 is 0 Å². The molecule has 0 radical (unpaired) electrons. The lowest BCUT2D eigenvalue weighted by Crippen LogP contribution is -2.14. The van der Waals surface area contributed by atoms with E-state index in [0.29, 0.717) is 15.0 Å². The Labute approximate surface area is 129 Å². The lowest BCUT2D eigenvalue weighted by molar-refractivity contribution is 0.102. The highest BCUT2D eigenvalue weighted by Gasteiger charge is 2.19. The van der Waals surface area contributed by atoms with E-state index in [1.54, 1.807) is 36.6 Å². The summed E-state index contributed by atoms with van der Waals surface area (Å²) in [5.74, 6) is -0.339. The van der Waals surface area contributed by atoms with Crippen LogP contribution in [0.15, 0.2) is 45.1 Å². The number of para-hydroxylation sites is 1. The number of carbonyl (C=O) groups excluding carboxylic acids is 1. The van der Waals surface area contributed by atoms with Gasteiger partial charge in [0.1, 0.15) is 4.88 Å². The number of hydrogen-bond acceptors (Lipinski definition) is 4. The molecule has 1 amide bonds. The first-order chi connectivity index (χ1) is 9.45. The fourth-order valence-corrected chi connectivity index (χ4v) is 4.13. The van der Waals surface area contributed by atoms with Gasteiger partial charge in [-0.05, 0) is 39.5 Å². The van der Waals surface area contributed by atoms with E-state index in [4.69, 9.17) is 0 Å². The third kappa shape index (κ3) is 3.11. The van der Waals surface area contributed by atoms with Gasteiger partial charge in [-0.2, -0.15) is 0 Å². The number of halogens is 1. The molecule has 0 unspecified atom stereocenters. The molecule has 1 N–H and O–H groups in total. The Balaban J connectivity index is 2.36. The van der Waals surface area contributed by atoms with Crippen LogP contribution in [-0.2, 0) is 9.84 Å². The van der Waals surface area contributed by atoms with Crippen molar-refractivity contribution in [1.82, 2.24) is 0 Å². The van der Waals surface area contributed by atoms with Crippen LogP contribution in [0.4, 0.5) is 5.69 Å². The van der Waals surface area contributed by atoms with Crippen LogP contribution in [-0.4, -0.2) is 20.1 Å². The fourth-order valence-electron chi connectivity index (χ4n) is 1.63. The molecule has 0 aliphatic heterocycles. The van der Waals surface area contributed by atoms with Crippen molar-refractivity contribution < 1.29 is 13.2 Å². The summed E-state index contributed by atoms with van der Waals surface area (Å²) in [6.45, 7) is 1.57. The van der Waals surface area contributed by atoms with Gasteiger partial charge in [0.2, 0.25) is 0 Å². The number of thiophene rings is 1. The highest BCUT2D eigenvalue weighted by atomic mass is 79.9. The van der Waals surface area contributed by atoms with Crippen LogP contribution in [0.3, 0.4) is 0 Å². The predicted octanol–water partition coefficient (Wildman–Crippen LogP) is 3.56. The zero-order valence-corrected chi connectivity index (χ0v) is 13.8. The van der Waals surface area contributed by atoms with Crippen LogP contribution in [0.25, 0.3) is 0 Å². The molecule has 1 heterocycles. The summed E-state index contributed by atoms with van der Waals surface area (Å²) in [7, 11) is -3.38. The highest BCUT2D eigenvalue weighted by Crippen LogP contribution is 2.26. The molecule has 2 aromatic rings. The van der Waals surface area contributed by atoms with Gasteiger partial charge in [-0.15, -0.1) is 11.3 Å². The van der Waals surface area contributed by atoms with Crippen LogP contribution in [0.5, 0.6) is 0 Å². The fraction of sp³-hybridized carbons (Fsp3) is 0.154. The Morgan fingerprint density at radius 1 is 1.30 bits per heavy atom. The van der Waals surface area contributed by atoms with Crippen molar-refractivity contribution in [3.8, 4) is 0 Å². The summed E-state index contributed by atoms with van der Waals surface area (Å²) in [5, 5.41) is 4.44. The molecule has 106 valence electrons. The molecular weight excluding hydrogens is 362 g/mol. The normalized spacial score (nSPS) is 11.3. The van der Waals surface area contributed by atoms with E-state index in [-0.39, 0.29) is 16.6 Å². The Hall–Kier alpha value is -1.18. The molecule has 0 atom stereocenters. The standard InChI is InChI=1S/C13H12BrNO3S2/c1-2-20(17,18)11-6-4-3-5-10(11)15-13(16)12-9(14)7-8-19-12/h3-8H,2H2,1H3,(H,15,16). The molecule has 0 fully saturated rings. The molecule has 0 saturated carbocycles. The van der Waals surface area contributed by atoms with E-state index in [1.165, 1.54) is 17.4 Å². The molecule has 0 saturated heterocycles. The predicted molar refractivity (Wildman–Crippen MR) is 84.1 cm³/mol. The van der Waals surface area contributed by atoms with Gasteiger partial charge in [0, 0.05) is 4.47 Å². The molecule has 0 spiro atoms. The zero-order valence-electron chi connectivity index (χ0n) is 10.6. The average molecular weight is 374 g/mol. The number of amides is 1. The van der Waals surface area contributed by atoms with Gasteiger partial charge < -0.3 is 5.32 Å². The molecule has 0 aliphatic carbocycles. The molecule has 0 aliphatic rings. The van der Waals surface area contributed by atoms with E-state index in [2.05, 4.69) is 21.2 Å². The summed E-state index contributed by atoms with van der Waals surface area (Å²) in [5.41, 5.74) is 0.305. The van der Waals surface area contributed by atoms with Crippen LogP contribution >= 0.6 is 27.3 Å². The van der Waals surface area contributed by atoms with Crippen molar-refractivity contribution in [3.63, 3.8) is 0 Å². The molecule has 7 heteroatoms. The number of rotatable bonds is 4. The summed E-state index contributed by atoms with van der Waals surface area (Å²) in [6.07, 6.45) is 0. The summed E-state index contributed by atoms with van der Waals surface area (Å²) in [4.78, 5) is 12.8. The first-order valence-electron chi connectivity index (χ1n) is 5.82. The lowest BCUT2D eigenvalue weighted by atomic mass is 10.3. The maximum absolute atomic E-state index is 12.1. The number of anilines is 1. The number of carbonyl (C=O) groups is 1. The van der Waals surface area contributed by atoms with Crippen LogP contribution in [0, 0.1) is 0 Å². The van der Waals surface area contributed by atoms with Crippen molar-refractivity contribution in [2.24, 2.45) is 0 Å². The molecular formula is C13H12BrNO3S2. The maximum atomic E-state index is 12.1. The third-order valence-corrected chi connectivity index (χ3v) is 6.30. The molecule has 2 rings (SSSR count). The monoisotopic (exact) mass is 373 g/mol. The minimum atomic E-state index is -3.38. The van der Waals surface area contributed by atoms with Gasteiger partial charge in [-0.25, -0.2) is 8.42 Å². The number of hydrogen-bond donors (Lipinski definition) is 1. The Bertz CT molecular complexity index is 738. The Morgan fingerprint density at radius 2 is 2.00 bits per heavy atom. The van der Waals surface area contributed by atoms with Crippen molar-refractivity contribution in [2.75, 3.05) is 11.1 Å². The number of nitrogens with one attached hydrogen (secondary N) is 1. The second-order valence-electron chi connectivity index (χ2n) is 3.95. The Kier molecular flexibility index (Phi) is 4.62. The second kappa shape index (κ2) is 6.07. The third-order valence-electron chi connectivity index (χ3n) is 2.67. The summed E-state index contributed by atoms with van der Waals surface area (Å²) < 4.78 is 24.7. The Morgan fingerprint density at radius 3 is 2.60 bits per heavy atom. The van der Waals surface area contributed by atoms with Crippen molar-refractivity contribution >= 4 is 48.7 Å². The van der Waals surface area contributed by atoms with Crippen LogP contribution < -0.4 is 5.32 Å². The molecule has 1 aromatic carbocycles. The maximum Gasteiger partial charge on any atom is 0.266 e.